The number of carbonyl (C=O) groups is 1. The van der Waals surface area contributed by atoms with E-state index in [9.17, 15) is 9.18 Å². The Bertz CT molecular complexity index is 613. The Morgan fingerprint density at radius 1 is 1.42 bits per heavy atom. The highest BCUT2D eigenvalue weighted by Crippen LogP contribution is 2.15. The van der Waals surface area contributed by atoms with Crippen LogP contribution in [0.2, 0.25) is 0 Å². The van der Waals surface area contributed by atoms with Gasteiger partial charge in [-0.15, -0.1) is 0 Å². The second-order valence-electron chi connectivity index (χ2n) is 4.19. The first-order chi connectivity index (χ1) is 9.09. The zero-order valence-corrected chi connectivity index (χ0v) is 10.5. The lowest BCUT2D eigenvalue weighted by molar-refractivity contribution is 0.0951. The molecule has 1 aromatic carbocycles. The maximum absolute atomic E-state index is 13.3. The van der Waals surface area contributed by atoms with Crippen molar-refractivity contribution in [2.75, 3.05) is 5.73 Å². The number of nitrogens with one attached hydrogen (secondary N) is 1. The monoisotopic (exact) mass is 259 g/mol. The van der Waals surface area contributed by atoms with Crippen molar-refractivity contribution in [3.05, 3.63) is 59.2 Å². The number of nitrogen functional groups attached to an aromatic ring is 1. The van der Waals surface area contributed by atoms with E-state index in [-0.39, 0.29) is 11.3 Å². The maximum atomic E-state index is 13.3. The van der Waals surface area contributed by atoms with Crippen LogP contribution in [0.3, 0.4) is 0 Å². The van der Waals surface area contributed by atoms with Crippen molar-refractivity contribution in [3.8, 4) is 0 Å². The summed E-state index contributed by atoms with van der Waals surface area (Å²) in [6.45, 7) is 2.26. The van der Waals surface area contributed by atoms with E-state index in [4.69, 9.17) is 5.73 Å². The number of aryl methyl sites for hydroxylation is 1. The molecule has 0 spiro atoms. The normalized spacial score (nSPS) is 10.2. The Kier molecular flexibility index (Phi) is 3.75. The van der Waals surface area contributed by atoms with Gasteiger partial charge in [-0.25, -0.2) is 4.39 Å². The fraction of sp³-hybridized carbons (Fsp3) is 0.143. The zero-order valence-electron chi connectivity index (χ0n) is 10.5. The second kappa shape index (κ2) is 5.48. The van der Waals surface area contributed by atoms with Crippen LogP contribution in [0.4, 0.5) is 10.1 Å². The number of para-hydroxylation sites is 1. The molecular weight excluding hydrogens is 245 g/mol. The van der Waals surface area contributed by atoms with Crippen molar-refractivity contribution in [3.63, 3.8) is 0 Å². The van der Waals surface area contributed by atoms with E-state index in [2.05, 4.69) is 10.3 Å². The molecule has 2 aromatic rings. The van der Waals surface area contributed by atoms with Crippen LogP contribution < -0.4 is 11.1 Å². The van der Waals surface area contributed by atoms with E-state index in [0.29, 0.717) is 6.54 Å². The molecule has 0 radical (unpaired) electrons. The molecule has 1 heterocycles. The van der Waals surface area contributed by atoms with Gasteiger partial charge in [0.05, 0.1) is 11.3 Å². The molecule has 0 aliphatic carbocycles. The molecule has 0 atom stereocenters. The van der Waals surface area contributed by atoms with Gasteiger partial charge in [0.1, 0.15) is 5.82 Å². The Labute approximate surface area is 110 Å². The number of hydrogen-bond acceptors (Lipinski definition) is 3. The zero-order chi connectivity index (χ0) is 13.8. The van der Waals surface area contributed by atoms with Crippen LogP contribution in [0.1, 0.15) is 21.5 Å². The van der Waals surface area contributed by atoms with Crippen molar-refractivity contribution in [2.24, 2.45) is 0 Å². The molecule has 0 aliphatic heterocycles. The Hall–Kier alpha value is -2.43. The number of hydrogen-bond donors (Lipinski definition) is 2. The maximum Gasteiger partial charge on any atom is 0.253 e. The molecular formula is C14H14FN3O. The second-order valence-corrected chi connectivity index (χ2v) is 4.19. The summed E-state index contributed by atoms with van der Waals surface area (Å²) < 4.78 is 13.3. The van der Waals surface area contributed by atoms with Crippen LogP contribution >= 0.6 is 0 Å². The number of nitrogens with two attached hydrogens (primary N) is 1. The number of anilines is 1. The fourth-order valence-corrected chi connectivity index (χ4v) is 1.71. The average molecular weight is 259 g/mol. The highest BCUT2D eigenvalue weighted by molar-refractivity contribution is 5.99. The van der Waals surface area contributed by atoms with Gasteiger partial charge in [-0.2, -0.15) is 0 Å². The number of pyridine rings is 1. The number of aromatic nitrogens is 1. The largest absolute Gasteiger partial charge is 0.396 e. The van der Waals surface area contributed by atoms with Gasteiger partial charge in [-0.3, -0.25) is 9.78 Å². The Morgan fingerprint density at radius 3 is 2.95 bits per heavy atom. The quantitative estimate of drug-likeness (QED) is 0.829. The van der Waals surface area contributed by atoms with Crippen molar-refractivity contribution < 1.29 is 9.18 Å². The summed E-state index contributed by atoms with van der Waals surface area (Å²) in [5, 5.41) is 2.71. The minimum absolute atomic E-state index is 0.133. The third-order valence-electron chi connectivity index (χ3n) is 2.87. The van der Waals surface area contributed by atoms with Crippen LogP contribution in [0.15, 0.2) is 36.7 Å². The first-order valence-electron chi connectivity index (χ1n) is 5.81. The van der Waals surface area contributed by atoms with Crippen LogP contribution in [-0.4, -0.2) is 10.9 Å². The number of halogens is 1. The lowest BCUT2D eigenvalue weighted by Gasteiger charge is -2.09. The van der Waals surface area contributed by atoms with Gasteiger partial charge in [0, 0.05) is 18.9 Å². The van der Waals surface area contributed by atoms with E-state index >= 15 is 0 Å². The SMILES string of the molecule is Cc1cnccc1CNC(=O)c1cccc(F)c1N. The van der Waals surface area contributed by atoms with Crippen molar-refractivity contribution in [1.29, 1.82) is 0 Å². The van der Waals surface area contributed by atoms with E-state index in [1.165, 1.54) is 18.2 Å². The minimum Gasteiger partial charge on any atom is -0.396 e. The molecule has 1 aromatic heterocycles. The summed E-state index contributed by atoms with van der Waals surface area (Å²) in [7, 11) is 0. The number of nitrogens with zero attached hydrogens (tertiary/aromatic N) is 1. The summed E-state index contributed by atoms with van der Waals surface area (Å²) in [5.74, 6) is -0.985. The van der Waals surface area contributed by atoms with Gasteiger partial charge in [0.15, 0.2) is 0 Å². The molecule has 0 fully saturated rings. The van der Waals surface area contributed by atoms with E-state index in [1.54, 1.807) is 12.4 Å². The molecule has 0 bridgehead atoms. The van der Waals surface area contributed by atoms with Gasteiger partial charge < -0.3 is 11.1 Å². The van der Waals surface area contributed by atoms with Crippen molar-refractivity contribution >= 4 is 11.6 Å². The van der Waals surface area contributed by atoms with Crippen LogP contribution in [0.5, 0.6) is 0 Å². The molecule has 5 heteroatoms. The summed E-state index contributed by atoms with van der Waals surface area (Å²) in [6, 6.07) is 6.00. The summed E-state index contributed by atoms with van der Waals surface area (Å²) >= 11 is 0. The number of rotatable bonds is 3. The number of amides is 1. The highest BCUT2D eigenvalue weighted by atomic mass is 19.1. The van der Waals surface area contributed by atoms with Gasteiger partial charge in [-0.1, -0.05) is 6.07 Å². The van der Waals surface area contributed by atoms with E-state index < -0.39 is 11.7 Å². The van der Waals surface area contributed by atoms with Crippen LogP contribution in [-0.2, 0) is 6.54 Å². The number of benzene rings is 1. The Balaban J connectivity index is 2.10. The first-order valence-corrected chi connectivity index (χ1v) is 5.81. The predicted molar refractivity (Wildman–Crippen MR) is 71.0 cm³/mol. The third-order valence-corrected chi connectivity index (χ3v) is 2.87. The molecule has 3 N–H and O–H groups in total. The molecule has 0 saturated carbocycles. The van der Waals surface area contributed by atoms with E-state index in [1.807, 2.05) is 13.0 Å². The van der Waals surface area contributed by atoms with Gasteiger partial charge in [0.25, 0.3) is 5.91 Å². The smallest absolute Gasteiger partial charge is 0.253 e. The lowest BCUT2D eigenvalue weighted by Crippen LogP contribution is -2.24. The molecule has 98 valence electrons. The average Bonchev–Trinajstić information content (AvgIpc) is 2.40. The first kappa shape index (κ1) is 13.0. The number of carbonyl (C=O) groups excluding carboxylic acids is 1. The fourth-order valence-electron chi connectivity index (χ4n) is 1.71. The van der Waals surface area contributed by atoms with Crippen LogP contribution in [0, 0.1) is 12.7 Å². The van der Waals surface area contributed by atoms with Crippen molar-refractivity contribution in [1.82, 2.24) is 10.3 Å². The molecule has 0 saturated heterocycles. The topological polar surface area (TPSA) is 68.0 Å². The standard InChI is InChI=1S/C14H14FN3O/c1-9-7-17-6-5-10(9)8-18-14(19)11-3-2-4-12(15)13(11)16/h2-7H,8,16H2,1H3,(H,18,19). The molecule has 4 nitrogen and oxygen atoms in total. The molecule has 19 heavy (non-hydrogen) atoms. The summed E-state index contributed by atoms with van der Waals surface area (Å²) in [6.07, 6.45) is 3.38. The molecule has 1 amide bonds. The van der Waals surface area contributed by atoms with Crippen LogP contribution in [0.25, 0.3) is 0 Å². The lowest BCUT2D eigenvalue weighted by atomic mass is 10.1. The van der Waals surface area contributed by atoms with Crippen molar-refractivity contribution in [2.45, 2.75) is 13.5 Å². The van der Waals surface area contributed by atoms with Gasteiger partial charge in [0.2, 0.25) is 0 Å². The van der Waals surface area contributed by atoms with Gasteiger partial charge in [-0.05, 0) is 36.2 Å². The highest BCUT2D eigenvalue weighted by Gasteiger charge is 2.12. The minimum atomic E-state index is -0.590. The molecule has 0 unspecified atom stereocenters. The molecule has 0 aliphatic rings. The Morgan fingerprint density at radius 2 is 2.21 bits per heavy atom. The summed E-state index contributed by atoms with van der Waals surface area (Å²) in [4.78, 5) is 15.9. The van der Waals surface area contributed by atoms with Gasteiger partial charge >= 0.3 is 0 Å². The summed E-state index contributed by atoms with van der Waals surface area (Å²) in [5.41, 5.74) is 7.49. The predicted octanol–water partition coefficient (Wildman–Crippen LogP) is 2.04. The molecule has 2 rings (SSSR count). The van der Waals surface area contributed by atoms with E-state index in [0.717, 1.165) is 11.1 Å². The third kappa shape index (κ3) is 2.88.